The van der Waals surface area contributed by atoms with Gasteiger partial charge in [0.05, 0.1) is 0 Å². The van der Waals surface area contributed by atoms with Crippen molar-refractivity contribution in [3.8, 4) is 0 Å². The maximum absolute atomic E-state index is 3.55. The van der Waals surface area contributed by atoms with E-state index < -0.39 is 0 Å². The molecule has 76 valence electrons. The topological polar surface area (TPSA) is 12.0 Å². The normalized spacial score (nSPS) is 21.2. The molecule has 1 aliphatic heterocycles. The van der Waals surface area contributed by atoms with Crippen molar-refractivity contribution in [2.24, 2.45) is 0 Å². The highest BCUT2D eigenvalue weighted by atomic mass is 79.9. The molecule has 0 saturated heterocycles. The first-order valence-electron chi connectivity index (χ1n) is 4.80. The molecule has 0 atom stereocenters. The van der Waals surface area contributed by atoms with Gasteiger partial charge in [-0.05, 0) is 36.1 Å². The Bertz CT molecular complexity index is 360. The van der Waals surface area contributed by atoms with Crippen LogP contribution in [-0.4, -0.2) is 6.54 Å². The van der Waals surface area contributed by atoms with Crippen LogP contribution in [0, 0.1) is 0 Å². The van der Waals surface area contributed by atoms with Crippen LogP contribution < -0.4 is 5.32 Å². The van der Waals surface area contributed by atoms with Gasteiger partial charge in [-0.3, -0.25) is 0 Å². The molecule has 3 heteroatoms. The quantitative estimate of drug-likeness (QED) is 0.767. The molecular weight excluding hydrogens is 261 g/mol. The molecule has 1 N–H and O–H groups in total. The zero-order valence-electron chi connectivity index (χ0n) is 7.85. The van der Waals surface area contributed by atoms with Crippen LogP contribution in [0.4, 0.5) is 0 Å². The Kier molecular flexibility index (Phi) is 2.63. The highest BCUT2D eigenvalue weighted by Crippen LogP contribution is 2.50. The van der Waals surface area contributed by atoms with Gasteiger partial charge in [-0.1, -0.05) is 22.0 Å². The zero-order valence-corrected chi connectivity index (χ0v) is 10.2. The molecule has 2 aliphatic rings. The Morgan fingerprint density at radius 3 is 2.79 bits per heavy atom. The van der Waals surface area contributed by atoms with Gasteiger partial charge in [0.15, 0.2) is 0 Å². The maximum atomic E-state index is 3.55. The maximum Gasteiger partial charge on any atom is 0.0208 e. The molecule has 14 heavy (non-hydrogen) atoms. The summed E-state index contributed by atoms with van der Waals surface area (Å²) in [4.78, 5) is 0. The van der Waals surface area contributed by atoms with E-state index in [1.165, 1.54) is 29.4 Å². The minimum atomic E-state index is 0. The molecular formula is C11H13BrClN. The largest absolute Gasteiger partial charge is 0.312 e. The van der Waals surface area contributed by atoms with Gasteiger partial charge in [-0.15, -0.1) is 12.4 Å². The third-order valence-electron chi connectivity index (χ3n) is 3.28. The lowest BCUT2D eigenvalue weighted by Crippen LogP contribution is -2.33. The van der Waals surface area contributed by atoms with Crippen LogP contribution in [0.15, 0.2) is 22.7 Å². The van der Waals surface area contributed by atoms with Crippen LogP contribution in [-0.2, 0) is 12.0 Å². The van der Waals surface area contributed by atoms with Crippen molar-refractivity contribution in [3.05, 3.63) is 33.8 Å². The number of nitrogens with one attached hydrogen (secondary N) is 1. The molecule has 1 saturated carbocycles. The van der Waals surface area contributed by atoms with Crippen molar-refractivity contribution in [3.63, 3.8) is 0 Å². The summed E-state index contributed by atoms with van der Waals surface area (Å²) < 4.78 is 1.22. The van der Waals surface area contributed by atoms with Crippen molar-refractivity contribution in [1.82, 2.24) is 5.32 Å². The molecule has 1 spiro atoms. The van der Waals surface area contributed by atoms with Crippen molar-refractivity contribution in [2.45, 2.75) is 24.8 Å². The number of hydrogen-bond donors (Lipinski definition) is 1. The first-order valence-corrected chi connectivity index (χ1v) is 5.59. The predicted molar refractivity (Wildman–Crippen MR) is 64.0 cm³/mol. The summed E-state index contributed by atoms with van der Waals surface area (Å²) >= 11 is 3.55. The summed E-state index contributed by atoms with van der Waals surface area (Å²) in [5, 5.41) is 3.50. The standard InChI is InChI=1S/C11H12BrN.ClH/c12-9-2-1-8-6-13-7-11(3-4-11)10(8)5-9;/h1-2,5,13H,3-4,6-7H2;1H. The second-order valence-electron chi connectivity index (χ2n) is 4.19. The number of halogens is 2. The van der Waals surface area contributed by atoms with Crippen LogP contribution in [0.5, 0.6) is 0 Å². The van der Waals surface area contributed by atoms with E-state index in [1.54, 1.807) is 5.56 Å². The Morgan fingerprint density at radius 1 is 1.29 bits per heavy atom. The zero-order chi connectivity index (χ0) is 8.89. The van der Waals surface area contributed by atoms with Gasteiger partial charge in [-0.25, -0.2) is 0 Å². The molecule has 0 aromatic heterocycles. The molecule has 3 rings (SSSR count). The highest BCUT2D eigenvalue weighted by molar-refractivity contribution is 9.10. The molecule has 0 bridgehead atoms. The first kappa shape index (κ1) is 10.5. The molecule has 1 aromatic carbocycles. The lowest BCUT2D eigenvalue weighted by atomic mass is 9.88. The van der Waals surface area contributed by atoms with Gasteiger partial charge in [0, 0.05) is 23.0 Å². The number of benzene rings is 1. The van der Waals surface area contributed by atoms with Gasteiger partial charge in [0.2, 0.25) is 0 Å². The molecule has 1 aromatic rings. The lowest BCUT2D eigenvalue weighted by Gasteiger charge is -2.26. The fourth-order valence-electron chi connectivity index (χ4n) is 2.33. The Labute approximate surface area is 98.8 Å². The summed E-state index contributed by atoms with van der Waals surface area (Å²) in [5.74, 6) is 0. The second-order valence-corrected chi connectivity index (χ2v) is 5.10. The van der Waals surface area contributed by atoms with Crippen molar-refractivity contribution >= 4 is 28.3 Å². The molecule has 0 amide bonds. The van der Waals surface area contributed by atoms with Crippen LogP contribution in [0.3, 0.4) is 0 Å². The molecule has 1 fully saturated rings. The van der Waals surface area contributed by atoms with Gasteiger partial charge in [0.25, 0.3) is 0 Å². The van der Waals surface area contributed by atoms with E-state index in [0.717, 1.165) is 6.54 Å². The Morgan fingerprint density at radius 2 is 2.07 bits per heavy atom. The number of rotatable bonds is 0. The third-order valence-corrected chi connectivity index (χ3v) is 3.77. The average Bonchev–Trinajstić information content (AvgIpc) is 2.88. The molecule has 0 unspecified atom stereocenters. The lowest BCUT2D eigenvalue weighted by molar-refractivity contribution is 0.531. The third kappa shape index (κ3) is 1.50. The van der Waals surface area contributed by atoms with Crippen molar-refractivity contribution in [1.29, 1.82) is 0 Å². The molecule has 1 nitrogen and oxygen atoms in total. The molecule has 1 heterocycles. The van der Waals surface area contributed by atoms with E-state index in [-0.39, 0.29) is 12.4 Å². The molecule has 0 radical (unpaired) electrons. The van der Waals surface area contributed by atoms with Crippen molar-refractivity contribution in [2.75, 3.05) is 6.54 Å². The average molecular weight is 275 g/mol. The monoisotopic (exact) mass is 273 g/mol. The fourth-order valence-corrected chi connectivity index (χ4v) is 2.69. The highest BCUT2D eigenvalue weighted by Gasteiger charge is 2.46. The van der Waals surface area contributed by atoms with E-state index in [2.05, 4.69) is 39.4 Å². The minimum absolute atomic E-state index is 0. The summed E-state index contributed by atoms with van der Waals surface area (Å²) in [6.45, 7) is 2.22. The van der Waals surface area contributed by atoms with E-state index in [0.29, 0.717) is 5.41 Å². The summed E-state index contributed by atoms with van der Waals surface area (Å²) in [5.41, 5.74) is 3.59. The van der Waals surface area contributed by atoms with Crippen LogP contribution in [0.25, 0.3) is 0 Å². The number of fused-ring (bicyclic) bond motifs is 2. The van der Waals surface area contributed by atoms with Gasteiger partial charge in [0.1, 0.15) is 0 Å². The summed E-state index contributed by atoms with van der Waals surface area (Å²) in [6.07, 6.45) is 2.73. The van der Waals surface area contributed by atoms with Crippen LogP contribution in [0.1, 0.15) is 24.0 Å². The molecule has 1 aliphatic carbocycles. The second kappa shape index (κ2) is 3.51. The van der Waals surface area contributed by atoms with Crippen LogP contribution >= 0.6 is 28.3 Å². The van der Waals surface area contributed by atoms with E-state index in [1.807, 2.05) is 0 Å². The van der Waals surface area contributed by atoms with E-state index in [9.17, 15) is 0 Å². The fraction of sp³-hybridized carbons (Fsp3) is 0.455. The van der Waals surface area contributed by atoms with Gasteiger partial charge < -0.3 is 5.32 Å². The SMILES string of the molecule is Brc1ccc2c(c1)C1(CC1)CNC2.Cl. The predicted octanol–water partition coefficient (Wildman–Crippen LogP) is 3.01. The van der Waals surface area contributed by atoms with E-state index in [4.69, 9.17) is 0 Å². The summed E-state index contributed by atoms with van der Waals surface area (Å²) in [7, 11) is 0. The Hall–Kier alpha value is -0.0500. The van der Waals surface area contributed by atoms with Crippen LogP contribution in [0.2, 0.25) is 0 Å². The van der Waals surface area contributed by atoms with Gasteiger partial charge in [-0.2, -0.15) is 0 Å². The minimum Gasteiger partial charge on any atom is -0.312 e. The van der Waals surface area contributed by atoms with Crippen molar-refractivity contribution < 1.29 is 0 Å². The van der Waals surface area contributed by atoms with E-state index >= 15 is 0 Å². The Balaban J connectivity index is 0.000000750. The number of hydrogen-bond acceptors (Lipinski definition) is 1. The van der Waals surface area contributed by atoms with Gasteiger partial charge >= 0.3 is 0 Å². The smallest absolute Gasteiger partial charge is 0.0208 e. The summed E-state index contributed by atoms with van der Waals surface area (Å²) in [6, 6.07) is 6.69. The first-order chi connectivity index (χ1) is 6.30.